The van der Waals surface area contributed by atoms with Gasteiger partial charge in [0.25, 0.3) is 0 Å². The van der Waals surface area contributed by atoms with E-state index >= 15 is 0 Å². The number of carbonyl (C=O) groups excluding carboxylic acids is 1. The molecule has 4 nitrogen and oxygen atoms in total. The van der Waals surface area contributed by atoms with Crippen molar-refractivity contribution < 1.29 is 9.53 Å². The number of carbonyl (C=O) groups is 1. The highest BCUT2D eigenvalue weighted by molar-refractivity contribution is 6.31. The summed E-state index contributed by atoms with van der Waals surface area (Å²) in [5.41, 5.74) is 1.05. The van der Waals surface area contributed by atoms with Gasteiger partial charge in [-0.3, -0.25) is 4.79 Å². The average Bonchev–Trinajstić information content (AvgIpc) is 2.93. The third kappa shape index (κ3) is 4.85. The quantitative estimate of drug-likeness (QED) is 0.814. The van der Waals surface area contributed by atoms with Crippen LogP contribution in [-0.2, 0) is 9.53 Å². The van der Waals surface area contributed by atoms with Crippen LogP contribution < -0.4 is 5.32 Å². The van der Waals surface area contributed by atoms with Crippen LogP contribution in [0, 0.1) is 0 Å². The number of methoxy groups -OCH3 is 1. The van der Waals surface area contributed by atoms with Crippen molar-refractivity contribution in [2.45, 2.75) is 18.9 Å². The number of benzene rings is 1. The van der Waals surface area contributed by atoms with Crippen LogP contribution >= 0.6 is 24.0 Å². The predicted molar refractivity (Wildman–Crippen MR) is 87.1 cm³/mol. The van der Waals surface area contributed by atoms with E-state index in [9.17, 15) is 4.79 Å². The standard InChI is InChI=1S/C15H21ClN2O2.ClH/c1-20-10-8-17-11-15(19)18-9-4-7-14(18)12-5-2-3-6-13(12)16;/h2-3,5-6,14,17H,4,7-11H2,1H3;1H. The molecule has 0 aliphatic carbocycles. The number of likely N-dealkylation sites (tertiary alicyclic amines) is 1. The van der Waals surface area contributed by atoms with E-state index in [-0.39, 0.29) is 24.4 Å². The largest absolute Gasteiger partial charge is 0.383 e. The first-order chi connectivity index (χ1) is 9.74. The van der Waals surface area contributed by atoms with Gasteiger partial charge in [-0.2, -0.15) is 0 Å². The minimum Gasteiger partial charge on any atom is -0.383 e. The molecule has 1 aliphatic heterocycles. The molecule has 1 aromatic rings. The van der Waals surface area contributed by atoms with E-state index in [4.69, 9.17) is 16.3 Å². The molecule has 1 atom stereocenters. The van der Waals surface area contributed by atoms with Crippen molar-refractivity contribution in [1.82, 2.24) is 10.2 Å². The Kier molecular flexibility index (Phi) is 8.04. The Labute approximate surface area is 137 Å². The molecule has 21 heavy (non-hydrogen) atoms. The molecule has 2 rings (SSSR count). The first-order valence-corrected chi connectivity index (χ1v) is 7.35. The summed E-state index contributed by atoms with van der Waals surface area (Å²) in [5, 5.41) is 3.84. The first kappa shape index (κ1) is 18.2. The zero-order chi connectivity index (χ0) is 14.4. The van der Waals surface area contributed by atoms with E-state index in [0.717, 1.165) is 30.0 Å². The summed E-state index contributed by atoms with van der Waals surface area (Å²) in [6, 6.07) is 7.89. The second kappa shape index (κ2) is 9.26. The van der Waals surface area contributed by atoms with Crippen LogP contribution in [0.1, 0.15) is 24.4 Å². The topological polar surface area (TPSA) is 41.6 Å². The molecule has 1 aromatic carbocycles. The molecule has 1 fully saturated rings. The molecule has 0 bridgehead atoms. The summed E-state index contributed by atoms with van der Waals surface area (Å²) in [7, 11) is 1.65. The lowest BCUT2D eigenvalue weighted by Crippen LogP contribution is -2.38. The molecular formula is C15H22Cl2N2O2. The number of hydrogen-bond acceptors (Lipinski definition) is 3. The van der Waals surface area contributed by atoms with Crippen LogP contribution in [-0.4, -0.2) is 44.2 Å². The second-order valence-electron chi connectivity index (χ2n) is 4.94. The van der Waals surface area contributed by atoms with Gasteiger partial charge >= 0.3 is 0 Å². The van der Waals surface area contributed by atoms with Gasteiger partial charge in [-0.05, 0) is 24.5 Å². The van der Waals surface area contributed by atoms with E-state index in [0.29, 0.717) is 19.7 Å². The van der Waals surface area contributed by atoms with Gasteiger partial charge in [-0.25, -0.2) is 0 Å². The Hall–Kier alpha value is -0.810. The number of nitrogens with one attached hydrogen (secondary N) is 1. The van der Waals surface area contributed by atoms with E-state index in [1.807, 2.05) is 29.2 Å². The summed E-state index contributed by atoms with van der Waals surface area (Å²) >= 11 is 6.25. The van der Waals surface area contributed by atoms with Crippen LogP contribution in [0.3, 0.4) is 0 Å². The van der Waals surface area contributed by atoms with Crippen LogP contribution in [0.2, 0.25) is 5.02 Å². The number of rotatable bonds is 6. The summed E-state index contributed by atoms with van der Waals surface area (Å²) in [4.78, 5) is 14.2. The van der Waals surface area contributed by atoms with E-state index < -0.39 is 0 Å². The van der Waals surface area contributed by atoms with Crippen molar-refractivity contribution in [2.24, 2.45) is 0 Å². The highest BCUT2D eigenvalue weighted by atomic mass is 35.5. The molecule has 6 heteroatoms. The molecule has 1 saturated heterocycles. The van der Waals surface area contributed by atoms with E-state index in [2.05, 4.69) is 5.32 Å². The van der Waals surface area contributed by atoms with Gasteiger partial charge in [-0.15, -0.1) is 12.4 Å². The zero-order valence-electron chi connectivity index (χ0n) is 12.2. The van der Waals surface area contributed by atoms with Gasteiger partial charge in [0.1, 0.15) is 0 Å². The van der Waals surface area contributed by atoms with Crippen LogP contribution in [0.25, 0.3) is 0 Å². The molecule has 1 heterocycles. The molecule has 1 unspecified atom stereocenters. The molecule has 0 saturated carbocycles. The Bertz CT molecular complexity index is 457. The van der Waals surface area contributed by atoms with Gasteiger partial charge in [0, 0.05) is 25.2 Å². The SMILES string of the molecule is COCCNCC(=O)N1CCCC1c1ccccc1Cl.Cl. The Morgan fingerprint density at radius 1 is 1.48 bits per heavy atom. The summed E-state index contributed by atoms with van der Waals surface area (Å²) in [5.74, 6) is 0.128. The summed E-state index contributed by atoms with van der Waals surface area (Å²) < 4.78 is 4.95. The molecule has 0 radical (unpaired) electrons. The Morgan fingerprint density at radius 2 is 2.24 bits per heavy atom. The molecule has 1 N–H and O–H groups in total. The lowest BCUT2D eigenvalue weighted by atomic mass is 10.0. The van der Waals surface area contributed by atoms with Crippen molar-refractivity contribution in [2.75, 3.05) is 33.4 Å². The average molecular weight is 333 g/mol. The van der Waals surface area contributed by atoms with Crippen molar-refractivity contribution in [3.8, 4) is 0 Å². The van der Waals surface area contributed by atoms with Crippen LogP contribution in [0.15, 0.2) is 24.3 Å². The molecule has 1 aliphatic rings. The number of nitrogens with zero attached hydrogens (tertiary/aromatic N) is 1. The number of ether oxygens (including phenoxy) is 1. The molecule has 118 valence electrons. The van der Waals surface area contributed by atoms with Crippen LogP contribution in [0.4, 0.5) is 0 Å². The van der Waals surface area contributed by atoms with Gasteiger partial charge in [-0.1, -0.05) is 29.8 Å². The lowest BCUT2D eigenvalue weighted by molar-refractivity contribution is -0.131. The predicted octanol–water partition coefficient (Wildman–Crippen LogP) is 2.66. The minimum atomic E-state index is 0. The van der Waals surface area contributed by atoms with Gasteiger partial charge in [0.05, 0.1) is 19.2 Å². The summed E-state index contributed by atoms with van der Waals surface area (Å²) in [6.45, 7) is 2.46. The third-order valence-electron chi connectivity index (χ3n) is 3.60. The van der Waals surface area contributed by atoms with Crippen molar-refractivity contribution in [3.63, 3.8) is 0 Å². The highest BCUT2D eigenvalue weighted by Crippen LogP contribution is 2.35. The maximum atomic E-state index is 12.3. The van der Waals surface area contributed by atoms with Gasteiger partial charge < -0.3 is 15.0 Å². The fourth-order valence-electron chi connectivity index (χ4n) is 2.60. The highest BCUT2D eigenvalue weighted by Gasteiger charge is 2.30. The van der Waals surface area contributed by atoms with E-state index in [1.54, 1.807) is 7.11 Å². The molecule has 1 amide bonds. The van der Waals surface area contributed by atoms with Gasteiger partial charge in [0.2, 0.25) is 5.91 Å². The number of hydrogen-bond donors (Lipinski definition) is 1. The second-order valence-corrected chi connectivity index (χ2v) is 5.34. The molecule has 0 spiro atoms. The maximum absolute atomic E-state index is 12.3. The monoisotopic (exact) mass is 332 g/mol. The maximum Gasteiger partial charge on any atom is 0.237 e. The van der Waals surface area contributed by atoms with Crippen molar-refractivity contribution in [3.05, 3.63) is 34.9 Å². The Balaban J connectivity index is 0.00000220. The molecule has 0 aromatic heterocycles. The van der Waals surface area contributed by atoms with Gasteiger partial charge in [0.15, 0.2) is 0 Å². The third-order valence-corrected chi connectivity index (χ3v) is 3.94. The van der Waals surface area contributed by atoms with Crippen LogP contribution in [0.5, 0.6) is 0 Å². The number of amides is 1. The molecular weight excluding hydrogens is 311 g/mol. The fraction of sp³-hybridized carbons (Fsp3) is 0.533. The van der Waals surface area contributed by atoms with E-state index in [1.165, 1.54) is 0 Å². The fourth-order valence-corrected chi connectivity index (χ4v) is 2.87. The lowest BCUT2D eigenvalue weighted by Gasteiger charge is -2.26. The Morgan fingerprint density at radius 3 is 2.95 bits per heavy atom. The van der Waals surface area contributed by atoms with Crippen molar-refractivity contribution in [1.29, 1.82) is 0 Å². The number of halogens is 2. The zero-order valence-corrected chi connectivity index (χ0v) is 13.8. The first-order valence-electron chi connectivity index (χ1n) is 6.97. The smallest absolute Gasteiger partial charge is 0.237 e. The minimum absolute atomic E-state index is 0. The van der Waals surface area contributed by atoms with Crippen molar-refractivity contribution >= 4 is 29.9 Å². The summed E-state index contributed by atoms with van der Waals surface area (Å²) in [6.07, 6.45) is 2.01. The normalized spacial score (nSPS) is 17.6.